The van der Waals surface area contributed by atoms with Gasteiger partial charge in [0.1, 0.15) is 35.1 Å². The van der Waals surface area contributed by atoms with Crippen molar-refractivity contribution in [2.24, 2.45) is 11.3 Å². The average Bonchev–Trinajstić information content (AvgIpc) is 4.06. The summed E-state index contributed by atoms with van der Waals surface area (Å²) in [6.45, 7) is 14.1. The van der Waals surface area contributed by atoms with Crippen LogP contribution in [-0.4, -0.2) is 95.3 Å². The van der Waals surface area contributed by atoms with Crippen molar-refractivity contribution in [3.8, 4) is 23.0 Å². The van der Waals surface area contributed by atoms with Crippen LogP contribution in [0.3, 0.4) is 0 Å². The van der Waals surface area contributed by atoms with E-state index in [2.05, 4.69) is 21.9 Å². The molecule has 16 heteroatoms. The predicted octanol–water partition coefficient (Wildman–Crippen LogP) is 4.26. The molecule has 0 unspecified atom stereocenters. The summed E-state index contributed by atoms with van der Waals surface area (Å²) >= 11 is 0. The van der Waals surface area contributed by atoms with Crippen LogP contribution in [0.4, 0.5) is 4.79 Å². The molecule has 1 aliphatic heterocycles. The SMILES string of the molecule is C=C[C@@H]1C[C@]1(NC(=O)[C@@H]1C[C@@H](Oc2nc(-c3ccccc3)nc3ccc(OC)cc23)CN1C(=O)[C@@H](NC(=O)OC(C)(C)C)C(C)(C)C)C(=O)NS(=O)(=O)C1CC1. The van der Waals surface area contributed by atoms with Crippen LogP contribution in [-0.2, 0) is 29.1 Å². The monoisotopic (exact) mass is 790 g/mol. The molecule has 300 valence electrons. The highest BCUT2D eigenvalue weighted by Crippen LogP contribution is 2.45. The minimum atomic E-state index is -3.93. The fraction of sp³-hybridized carbons (Fsp3) is 0.500. The number of benzene rings is 2. The Morgan fingerprint density at radius 3 is 2.30 bits per heavy atom. The number of methoxy groups -OCH3 is 1. The van der Waals surface area contributed by atoms with Crippen molar-refractivity contribution in [1.82, 2.24) is 30.2 Å². The number of sulfonamides is 1. The van der Waals surface area contributed by atoms with E-state index < -0.39 is 79.7 Å². The van der Waals surface area contributed by atoms with Gasteiger partial charge in [-0.05, 0) is 63.6 Å². The molecule has 2 heterocycles. The maximum absolute atomic E-state index is 14.6. The largest absolute Gasteiger partial charge is 0.497 e. The third kappa shape index (κ3) is 8.74. The first-order valence-electron chi connectivity index (χ1n) is 18.6. The van der Waals surface area contributed by atoms with Crippen LogP contribution >= 0.6 is 0 Å². The van der Waals surface area contributed by atoms with Crippen molar-refractivity contribution >= 4 is 44.7 Å². The first kappa shape index (κ1) is 40.4. The summed E-state index contributed by atoms with van der Waals surface area (Å²) in [5, 5.41) is 5.38. The molecule has 3 aliphatic rings. The van der Waals surface area contributed by atoms with Crippen LogP contribution in [0.1, 0.15) is 67.2 Å². The van der Waals surface area contributed by atoms with Crippen LogP contribution in [0.2, 0.25) is 0 Å². The molecule has 2 saturated carbocycles. The van der Waals surface area contributed by atoms with Gasteiger partial charge >= 0.3 is 6.09 Å². The minimum absolute atomic E-state index is 0.0339. The number of hydrogen-bond donors (Lipinski definition) is 3. The van der Waals surface area contributed by atoms with Crippen molar-refractivity contribution in [3.63, 3.8) is 0 Å². The van der Waals surface area contributed by atoms with Gasteiger partial charge < -0.3 is 29.7 Å². The lowest BCUT2D eigenvalue weighted by Crippen LogP contribution is -2.60. The van der Waals surface area contributed by atoms with E-state index in [0.717, 1.165) is 5.56 Å². The molecule has 4 amide bonds. The molecule has 56 heavy (non-hydrogen) atoms. The second-order valence-corrected chi connectivity index (χ2v) is 18.7. The average molecular weight is 791 g/mol. The van der Waals surface area contributed by atoms with E-state index in [0.29, 0.717) is 35.3 Å². The number of aromatic nitrogens is 2. The zero-order chi connectivity index (χ0) is 40.8. The number of carbonyl (C=O) groups is 4. The van der Waals surface area contributed by atoms with E-state index in [9.17, 15) is 27.6 Å². The lowest BCUT2D eigenvalue weighted by molar-refractivity contribution is -0.143. The quantitative estimate of drug-likeness (QED) is 0.222. The van der Waals surface area contributed by atoms with Gasteiger partial charge in [-0.2, -0.15) is 4.98 Å². The Morgan fingerprint density at radius 1 is 1.02 bits per heavy atom. The number of likely N-dealkylation sites (tertiary alicyclic amines) is 1. The number of nitrogens with zero attached hydrogens (tertiary/aromatic N) is 3. The number of ether oxygens (including phenoxy) is 3. The molecule has 2 aromatic carbocycles. The Balaban J connectivity index is 1.35. The smallest absolute Gasteiger partial charge is 0.408 e. The number of carbonyl (C=O) groups excluding carboxylic acids is 4. The lowest BCUT2D eigenvalue weighted by Gasteiger charge is -2.36. The van der Waals surface area contributed by atoms with E-state index in [-0.39, 0.29) is 25.3 Å². The van der Waals surface area contributed by atoms with E-state index in [1.807, 2.05) is 30.3 Å². The molecular formula is C40H50N6O9S. The van der Waals surface area contributed by atoms with Gasteiger partial charge in [-0.1, -0.05) is 57.2 Å². The minimum Gasteiger partial charge on any atom is -0.497 e. The molecule has 0 bridgehead atoms. The number of rotatable bonds is 12. The fourth-order valence-corrected chi connectivity index (χ4v) is 8.17. The molecule has 3 N–H and O–H groups in total. The number of alkyl carbamates (subject to hydrolysis) is 1. The van der Waals surface area contributed by atoms with Crippen molar-refractivity contribution in [3.05, 3.63) is 61.2 Å². The third-order valence-corrected chi connectivity index (χ3v) is 11.9. The highest BCUT2D eigenvalue weighted by Gasteiger charge is 2.62. The number of amides is 4. The summed E-state index contributed by atoms with van der Waals surface area (Å²) in [5.41, 5.74) is -1.97. The molecule has 5 atom stereocenters. The molecule has 1 aromatic heterocycles. The summed E-state index contributed by atoms with van der Waals surface area (Å²) in [7, 11) is -2.39. The number of nitrogens with one attached hydrogen (secondary N) is 3. The fourth-order valence-electron chi connectivity index (χ4n) is 6.80. The summed E-state index contributed by atoms with van der Waals surface area (Å²) in [4.78, 5) is 66.6. The Morgan fingerprint density at radius 2 is 1.71 bits per heavy atom. The maximum Gasteiger partial charge on any atom is 0.408 e. The van der Waals surface area contributed by atoms with Crippen molar-refractivity contribution in [2.45, 2.75) is 102 Å². The van der Waals surface area contributed by atoms with Crippen LogP contribution in [0, 0.1) is 11.3 Å². The molecule has 3 aromatic rings. The zero-order valence-corrected chi connectivity index (χ0v) is 33.6. The summed E-state index contributed by atoms with van der Waals surface area (Å²) in [6, 6.07) is 12.3. The van der Waals surface area contributed by atoms with E-state index in [1.54, 1.807) is 59.7 Å². The molecule has 2 aliphatic carbocycles. The second kappa shape index (κ2) is 15.0. The topological polar surface area (TPSA) is 195 Å². The zero-order valence-electron chi connectivity index (χ0n) is 32.7. The first-order valence-corrected chi connectivity index (χ1v) is 20.2. The molecular weight excluding hydrogens is 741 g/mol. The van der Waals surface area contributed by atoms with Gasteiger partial charge in [0.25, 0.3) is 5.91 Å². The van der Waals surface area contributed by atoms with Crippen molar-refractivity contribution in [2.75, 3.05) is 13.7 Å². The van der Waals surface area contributed by atoms with E-state index >= 15 is 0 Å². The summed E-state index contributed by atoms with van der Waals surface area (Å²) in [6.07, 6.45) is 0.852. The first-order chi connectivity index (χ1) is 26.2. The van der Waals surface area contributed by atoms with E-state index in [4.69, 9.17) is 24.2 Å². The van der Waals surface area contributed by atoms with Gasteiger partial charge in [0.2, 0.25) is 27.7 Å². The van der Waals surface area contributed by atoms with Crippen LogP contribution in [0.15, 0.2) is 61.2 Å². The molecule has 15 nitrogen and oxygen atoms in total. The molecule has 6 rings (SSSR count). The van der Waals surface area contributed by atoms with E-state index in [1.165, 1.54) is 18.1 Å². The molecule has 3 fully saturated rings. The summed E-state index contributed by atoms with van der Waals surface area (Å²) < 4.78 is 45.2. The van der Waals surface area contributed by atoms with Crippen LogP contribution < -0.4 is 24.8 Å². The highest BCUT2D eigenvalue weighted by atomic mass is 32.2. The Kier molecular flexibility index (Phi) is 10.8. The van der Waals surface area contributed by atoms with Gasteiger partial charge in [0, 0.05) is 17.9 Å². The number of fused-ring (bicyclic) bond motifs is 1. The Bertz CT molecular complexity index is 2150. The van der Waals surface area contributed by atoms with Gasteiger partial charge in [-0.3, -0.25) is 19.1 Å². The normalized spacial score (nSPS) is 22.8. The van der Waals surface area contributed by atoms with Gasteiger partial charge in [-0.25, -0.2) is 18.2 Å². The van der Waals surface area contributed by atoms with Crippen LogP contribution in [0.5, 0.6) is 11.6 Å². The van der Waals surface area contributed by atoms with Crippen molar-refractivity contribution < 1.29 is 41.8 Å². The second-order valence-electron chi connectivity index (χ2n) is 16.7. The summed E-state index contributed by atoms with van der Waals surface area (Å²) in [5.74, 6) is -1.56. The Hall–Kier alpha value is -5.25. The van der Waals surface area contributed by atoms with Gasteiger partial charge in [0.15, 0.2) is 5.82 Å². The Labute approximate surface area is 327 Å². The predicted molar refractivity (Wildman–Crippen MR) is 208 cm³/mol. The molecule has 0 spiro atoms. The van der Waals surface area contributed by atoms with Crippen LogP contribution in [0.25, 0.3) is 22.3 Å². The maximum atomic E-state index is 14.6. The van der Waals surface area contributed by atoms with Gasteiger partial charge in [0.05, 0.1) is 29.8 Å². The standard InChI is InChI=1S/C40H50N6O9S/c1-9-24-21-40(24,36(49)45-56(51,52)27-16-17-27)44-33(47)30-20-26(22-46(30)35(48)31(38(2,3)4)42-37(50)55-39(5,6)7)54-34-28-19-25(53-8)15-18-29(28)41-32(43-34)23-13-11-10-12-14-23/h9-15,18-19,24,26-27,30-31H,1,16-17,20-22H2,2-8H3,(H,42,50)(H,44,47)(H,45,49)/t24-,26-,30+,31-,40-/m1/s1. The molecule has 0 radical (unpaired) electrons. The lowest BCUT2D eigenvalue weighted by atomic mass is 9.85. The van der Waals surface area contributed by atoms with Crippen molar-refractivity contribution in [1.29, 1.82) is 0 Å². The number of hydrogen-bond acceptors (Lipinski definition) is 11. The van der Waals surface area contributed by atoms with Gasteiger partial charge in [-0.15, -0.1) is 6.58 Å². The third-order valence-electron chi connectivity index (χ3n) is 10.0. The molecule has 1 saturated heterocycles. The highest BCUT2D eigenvalue weighted by molar-refractivity contribution is 7.91.